The predicted molar refractivity (Wildman–Crippen MR) is 84.3 cm³/mol. The standard InChI is InChI=1S/C18H22FNO/c1-3-13-7-5-8-15(11-13)21-18-10-6-9-17(19)16(18)12-14(20)4-2/h5-11,14H,3-4,12,20H2,1-2H3. The van der Waals surface area contributed by atoms with Crippen molar-refractivity contribution in [2.24, 2.45) is 5.73 Å². The lowest BCUT2D eigenvalue weighted by molar-refractivity contribution is 0.460. The van der Waals surface area contributed by atoms with Crippen LogP contribution in [0, 0.1) is 5.82 Å². The molecule has 0 spiro atoms. The van der Waals surface area contributed by atoms with Crippen LogP contribution in [0.15, 0.2) is 42.5 Å². The van der Waals surface area contributed by atoms with E-state index in [4.69, 9.17) is 10.5 Å². The Morgan fingerprint density at radius 3 is 2.62 bits per heavy atom. The molecule has 0 saturated carbocycles. The molecule has 3 heteroatoms. The summed E-state index contributed by atoms with van der Waals surface area (Å²) in [6, 6.07) is 12.7. The van der Waals surface area contributed by atoms with Gasteiger partial charge >= 0.3 is 0 Å². The van der Waals surface area contributed by atoms with Gasteiger partial charge in [0, 0.05) is 11.6 Å². The number of nitrogens with two attached hydrogens (primary N) is 1. The molecule has 0 aliphatic carbocycles. The van der Waals surface area contributed by atoms with E-state index in [9.17, 15) is 4.39 Å². The first kappa shape index (κ1) is 15.5. The number of ether oxygens (including phenoxy) is 1. The summed E-state index contributed by atoms with van der Waals surface area (Å²) in [5.74, 6) is 1.02. The maximum absolute atomic E-state index is 14.1. The van der Waals surface area contributed by atoms with Crippen LogP contribution >= 0.6 is 0 Å². The molecule has 0 radical (unpaired) electrons. The van der Waals surface area contributed by atoms with Crippen LogP contribution < -0.4 is 10.5 Å². The first-order valence-electron chi connectivity index (χ1n) is 7.43. The zero-order valence-electron chi connectivity index (χ0n) is 12.6. The molecule has 0 heterocycles. The molecule has 1 unspecified atom stereocenters. The minimum absolute atomic E-state index is 0.0637. The predicted octanol–water partition coefficient (Wildman–Crippen LogP) is 4.46. The van der Waals surface area contributed by atoms with Gasteiger partial charge in [-0.2, -0.15) is 0 Å². The van der Waals surface area contributed by atoms with Crippen LogP contribution in [-0.2, 0) is 12.8 Å². The van der Waals surface area contributed by atoms with Crippen LogP contribution in [0.25, 0.3) is 0 Å². The molecule has 0 aliphatic rings. The minimum atomic E-state index is -0.261. The highest BCUT2D eigenvalue weighted by Crippen LogP contribution is 2.29. The number of rotatable bonds is 6. The third-order valence-electron chi connectivity index (χ3n) is 3.60. The van der Waals surface area contributed by atoms with Crippen molar-refractivity contribution in [3.8, 4) is 11.5 Å². The molecule has 2 aromatic rings. The van der Waals surface area contributed by atoms with Gasteiger partial charge in [-0.15, -0.1) is 0 Å². The molecular weight excluding hydrogens is 265 g/mol. The summed E-state index contributed by atoms with van der Waals surface area (Å²) >= 11 is 0. The summed E-state index contributed by atoms with van der Waals surface area (Å²) < 4.78 is 19.9. The number of hydrogen-bond donors (Lipinski definition) is 1. The van der Waals surface area contributed by atoms with Crippen molar-refractivity contribution < 1.29 is 9.13 Å². The fraction of sp³-hybridized carbons (Fsp3) is 0.333. The molecule has 0 fully saturated rings. The molecule has 2 aromatic carbocycles. The van der Waals surface area contributed by atoms with Crippen LogP contribution in [0.1, 0.15) is 31.4 Å². The Morgan fingerprint density at radius 2 is 1.90 bits per heavy atom. The molecule has 0 saturated heterocycles. The Labute approximate surface area is 125 Å². The van der Waals surface area contributed by atoms with Crippen molar-refractivity contribution in [2.75, 3.05) is 0 Å². The summed E-state index contributed by atoms with van der Waals surface area (Å²) in [6.45, 7) is 4.09. The van der Waals surface area contributed by atoms with Crippen LogP contribution in [0.3, 0.4) is 0 Å². The number of benzene rings is 2. The van der Waals surface area contributed by atoms with Gasteiger partial charge in [-0.1, -0.05) is 32.0 Å². The third-order valence-corrected chi connectivity index (χ3v) is 3.60. The lowest BCUT2D eigenvalue weighted by Crippen LogP contribution is -2.22. The van der Waals surface area contributed by atoms with Crippen molar-refractivity contribution in [1.82, 2.24) is 0 Å². The van der Waals surface area contributed by atoms with Crippen LogP contribution in [-0.4, -0.2) is 6.04 Å². The van der Waals surface area contributed by atoms with Gasteiger partial charge in [0.2, 0.25) is 0 Å². The average Bonchev–Trinajstić information content (AvgIpc) is 2.50. The van der Waals surface area contributed by atoms with Crippen LogP contribution in [0.4, 0.5) is 4.39 Å². The van der Waals surface area contributed by atoms with E-state index in [1.165, 1.54) is 11.6 Å². The molecule has 21 heavy (non-hydrogen) atoms. The van der Waals surface area contributed by atoms with Crippen LogP contribution in [0.2, 0.25) is 0 Å². The van der Waals surface area contributed by atoms with Gasteiger partial charge in [-0.3, -0.25) is 0 Å². The smallest absolute Gasteiger partial charge is 0.133 e. The van der Waals surface area contributed by atoms with E-state index in [1.54, 1.807) is 12.1 Å². The normalized spacial score (nSPS) is 12.2. The maximum atomic E-state index is 14.1. The molecule has 2 nitrogen and oxygen atoms in total. The third kappa shape index (κ3) is 4.05. The molecule has 112 valence electrons. The number of hydrogen-bond acceptors (Lipinski definition) is 2. The van der Waals surface area contributed by atoms with Gasteiger partial charge in [0.05, 0.1) is 0 Å². The van der Waals surface area contributed by atoms with Gasteiger partial charge in [0.25, 0.3) is 0 Å². The fourth-order valence-electron chi connectivity index (χ4n) is 2.19. The first-order valence-corrected chi connectivity index (χ1v) is 7.43. The Balaban J connectivity index is 2.28. The highest BCUT2D eigenvalue weighted by Gasteiger charge is 2.13. The van der Waals surface area contributed by atoms with E-state index in [-0.39, 0.29) is 11.9 Å². The Kier molecular flexibility index (Phi) is 5.34. The van der Waals surface area contributed by atoms with Crippen molar-refractivity contribution in [3.05, 3.63) is 59.4 Å². The Bertz CT molecular complexity index is 598. The van der Waals surface area contributed by atoms with Crippen molar-refractivity contribution >= 4 is 0 Å². The van der Waals surface area contributed by atoms with Crippen molar-refractivity contribution in [2.45, 2.75) is 39.2 Å². The molecule has 0 aliphatic heterocycles. The zero-order chi connectivity index (χ0) is 15.2. The van der Waals surface area contributed by atoms with Gasteiger partial charge in [-0.05, 0) is 49.1 Å². The summed E-state index contributed by atoms with van der Waals surface area (Å²) in [7, 11) is 0. The van der Waals surface area contributed by atoms with Gasteiger partial charge in [-0.25, -0.2) is 4.39 Å². The molecule has 0 amide bonds. The lowest BCUT2D eigenvalue weighted by atomic mass is 10.0. The molecule has 0 aromatic heterocycles. The molecule has 2 rings (SSSR count). The highest BCUT2D eigenvalue weighted by atomic mass is 19.1. The second kappa shape index (κ2) is 7.23. The quantitative estimate of drug-likeness (QED) is 0.851. The van der Waals surface area contributed by atoms with Crippen LogP contribution in [0.5, 0.6) is 11.5 Å². The largest absolute Gasteiger partial charge is 0.457 e. The summed E-state index contributed by atoms with van der Waals surface area (Å²) in [5.41, 5.74) is 7.70. The van der Waals surface area contributed by atoms with Gasteiger partial charge < -0.3 is 10.5 Å². The number of halogens is 1. The summed E-state index contributed by atoms with van der Waals surface area (Å²) in [6.07, 6.45) is 2.22. The van der Waals surface area contributed by atoms with Crippen molar-refractivity contribution in [3.63, 3.8) is 0 Å². The molecular formula is C18H22FNO. The second-order valence-corrected chi connectivity index (χ2v) is 5.19. The van der Waals surface area contributed by atoms with E-state index >= 15 is 0 Å². The van der Waals surface area contributed by atoms with E-state index in [2.05, 4.69) is 6.92 Å². The topological polar surface area (TPSA) is 35.2 Å². The van der Waals surface area contributed by atoms with E-state index in [1.807, 2.05) is 31.2 Å². The first-order chi connectivity index (χ1) is 10.1. The minimum Gasteiger partial charge on any atom is -0.457 e. The SMILES string of the molecule is CCc1cccc(Oc2cccc(F)c2CC(N)CC)c1. The van der Waals surface area contributed by atoms with Gasteiger partial charge in [0.1, 0.15) is 17.3 Å². The number of aryl methyl sites for hydroxylation is 1. The zero-order valence-corrected chi connectivity index (χ0v) is 12.6. The van der Waals surface area contributed by atoms with E-state index < -0.39 is 0 Å². The maximum Gasteiger partial charge on any atom is 0.133 e. The molecule has 1 atom stereocenters. The fourth-order valence-corrected chi connectivity index (χ4v) is 2.19. The average molecular weight is 287 g/mol. The second-order valence-electron chi connectivity index (χ2n) is 5.19. The Hall–Kier alpha value is -1.87. The van der Waals surface area contributed by atoms with E-state index in [0.29, 0.717) is 17.7 Å². The monoisotopic (exact) mass is 287 g/mol. The Morgan fingerprint density at radius 1 is 1.14 bits per heavy atom. The summed E-state index contributed by atoms with van der Waals surface area (Å²) in [5, 5.41) is 0. The lowest BCUT2D eigenvalue weighted by Gasteiger charge is -2.15. The highest BCUT2D eigenvalue weighted by molar-refractivity contribution is 5.40. The van der Waals surface area contributed by atoms with E-state index in [0.717, 1.165) is 18.6 Å². The summed E-state index contributed by atoms with van der Waals surface area (Å²) in [4.78, 5) is 0. The van der Waals surface area contributed by atoms with Crippen molar-refractivity contribution in [1.29, 1.82) is 0 Å². The van der Waals surface area contributed by atoms with Gasteiger partial charge in [0.15, 0.2) is 0 Å². The molecule has 0 bridgehead atoms. The molecule has 2 N–H and O–H groups in total.